The molecule has 0 heterocycles. The van der Waals surface area contributed by atoms with Gasteiger partial charge >= 0.3 is 0 Å². The lowest BCUT2D eigenvalue weighted by molar-refractivity contribution is -0.316. The van der Waals surface area contributed by atoms with Crippen molar-refractivity contribution in [1.82, 2.24) is 5.32 Å². The van der Waals surface area contributed by atoms with Gasteiger partial charge < -0.3 is 30.8 Å². The van der Waals surface area contributed by atoms with Crippen molar-refractivity contribution in [2.75, 3.05) is 18.6 Å². The molecule has 0 aromatic heterocycles. The minimum Gasteiger partial charge on any atom is -0.358 e. The van der Waals surface area contributed by atoms with E-state index in [1.165, 1.54) is 0 Å². The third-order valence-corrected chi connectivity index (χ3v) is 3.11. The molecule has 0 saturated carbocycles. The van der Waals surface area contributed by atoms with Gasteiger partial charge in [-0.3, -0.25) is 4.79 Å². The van der Waals surface area contributed by atoms with Gasteiger partial charge in [-0.15, -0.1) is 0 Å². The number of carbonyl (C=O) groups excluding carboxylic acids is 1. The summed E-state index contributed by atoms with van der Waals surface area (Å²) in [5, 5.41) is 46.4. The van der Waals surface area contributed by atoms with Crippen LogP contribution in [0.2, 0.25) is 0 Å². The van der Waals surface area contributed by atoms with E-state index in [0.717, 1.165) is 6.26 Å². The predicted molar refractivity (Wildman–Crippen MR) is 63.1 cm³/mol. The Morgan fingerprint density at radius 1 is 1.11 bits per heavy atom. The molecule has 0 aliphatic rings. The first-order chi connectivity index (χ1) is 8.33. The molecule has 10 heteroatoms. The van der Waals surface area contributed by atoms with Crippen molar-refractivity contribution >= 4 is 15.7 Å². The van der Waals surface area contributed by atoms with E-state index >= 15 is 0 Å². The topological polar surface area (TPSA) is 164 Å². The van der Waals surface area contributed by atoms with Crippen molar-refractivity contribution < 1.29 is 38.7 Å². The van der Waals surface area contributed by atoms with Crippen molar-refractivity contribution in [3.05, 3.63) is 0 Å². The predicted octanol–water partition coefficient (Wildman–Crippen LogP) is -3.37. The van der Waals surface area contributed by atoms with E-state index < -0.39 is 40.3 Å². The van der Waals surface area contributed by atoms with Crippen LogP contribution in [0, 0.1) is 0 Å². The van der Waals surface area contributed by atoms with Crippen LogP contribution in [-0.2, 0) is 14.6 Å². The Hall–Kier alpha value is -0.780. The molecule has 0 atom stereocenters. The summed E-state index contributed by atoms with van der Waals surface area (Å²) in [6.45, 7) is -0.273. The van der Waals surface area contributed by atoms with Gasteiger partial charge in [0, 0.05) is 25.6 Å². The summed E-state index contributed by atoms with van der Waals surface area (Å²) in [7, 11) is -3.28. The van der Waals surface area contributed by atoms with Gasteiger partial charge in [-0.2, -0.15) is 0 Å². The number of sulfone groups is 1. The Balaban J connectivity index is 4.14. The summed E-state index contributed by atoms with van der Waals surface area (Å²) in [5.74, 6) is -7.26. The molecule has 1 amide bonds. The monoisotopic (exact) mass is 301 g/mol. The minimum absolute atomic E-state index is 0.254. The van der Waals surface area contributed by atoms with Crippen molar-refractivity contribution in [2.45, 2.75) is 31.0 Å². The molecule has 0 aliphatic heterocycles. The largest absolute Gasteiger partial charge is 0.358 e. The standard InChI is InChI=1S/C9H19NO8S/c1-19(17,18)6-5-10-7(11)8(12,13)3-2-4-9(14,15)16/h12-16H,2-6H2,1H3,(H,10,11). The molecule has 0 bridgehead atoms. The summed E-state index contributed by atoms with van der Waals surface area (Å²) < 4.78 is 21.6. The fraction of sp³-hybridized carbons (Fsp3) is 0.889. The average Bonchev–Trinajstić information content (AvgIpc) is 2.12. The molecule has 114 valence electrons. The van der Waals surface area contributed by atoms with E-state index in [1.54, 1.807) is 0 Å². The fourth-order valence-electron chi connectivity index (χ4n) is 1.18. The van der Waals surface area contributed by atoms with Gasteiger partial charge in [-0.1, -0.05) is 0 Å². The number of hydrogen-bond donors (Lipinski definition) is 6. The molecule has 0 spiro atoms. The van der Waals surface area contributed by atoms with E-state index in [0.29, 0.717) is 0 Å². The highest BCUT2D eigenvalue weighted by molar-refractivity contribution is 7.90. The first-order valence-electron chi connectivity index (χ1n) is 5.41. The van der Waals surface area contributed by atoms with Crippen LogP contribution in [0.5, 0.6) is 0 Å². The summed E-state index contributed by atoms with van der Waals surface area (Å²) in [4.78, 5) is 11.3. The SMILES string of the molecule is CS(=O)(=O)CCNC(=O)C(O)(O)CCCC(O)(O)O. The Morgan fingerprint density at radius 2 is 1.63 bits per heavy atom. The third kappa shape index (κ3) is 9.76. The average molecular weight is 301 g/mol. The molecule has 19 heavy (non-hydrogen) atoms. The zero-order valence-electron chi connectivity index (χ0n) is 10.4. The number of hydrogen-bond acceptors (Lipinski definition) is 8. The smallest absolute Gasteiger partial charge is 0.279 e. The number of carbonyl (C=O) groups is 1. The van der Waals surface area contributed by atoms with Crippen LogP contribution in [0.1, 0.15) is 19.3 Å². The summed E-state index contributed by atoms with van der Waals surface area (Å²) >= 11 is 0. The van der Waals surface area contributed by atoms with Crippen molar-refractivity contribution in [1.29, 1.82) is 0 Å². The third-order valence-electron chi connectivity index (χ3n) is 2.16. The lowest BCUT2D eigenvalue weighted by atomic mass is 10.1. The number of nitrogens with one attached hydrogen (secondary N) is 1. The second-order valence-electron chi connectivity index (χ2n) is 4.33. The Bertz CT molecular complexity index is 397. The number of amides is 1. The maximum Gasteiger partial charge on any atom is 0.279 e. The first kappa shape index (κ1) is 18.2. The summed E-state index contributed by atoms with van der Waals surface area (Å²) in [5.41, 5.74) is 0. The number of aliphatic hydroxyl groups is 5. The van der Waals surface area contributed by atoms with Gasteiger partial charge in [-0.05, 0) is 6.42 Å². The van der Waals surface area contributed by atoms with E-state index in [4.69, 9.17) is 15.3 Å². The van der Waals surface area contributed by atoms with Crippen molar-refractivity contribution in [3.63, 3.8) is 0 Å². The Kier molecular flexibility index (Phi) is 6.32. The van der Waals surface area contributed by atoms with Gasteiger partial charge in [0.25, 0.3) is 11.9 Å². The molecule has 0 aliphatic carbocycles. The van der Waals surface area contributed by atoms with Crippen molar-refractivity contribution in [3.8, 4) is 0 Å². The van der Waals surface area contributed by atoms with E-state index in [-0.39, 0.29) is 18.7 Å². The molecular weight excluding hydrogens is 282 g/mol. The lowest BCUT2D eigenvalue weighted by Gasteiger charge is -2.22. The van der Waals surface area contributed by atoms with E-state index in [2.05, 4.69) is 0 Å². The molecule has 0 fully saturated rings. The van der Waals surface area contributed by atoms with Crippen LogP contribution < -0.4 is 5.32 Å². The van der Waals surface area contributed by atoms with Crippen LogP contribution in [0.15, 0.2) is 0 Å². The fourth-order valence-corrected chi connectivity index (χ4v) is 1.65. The summed E-state index contributed by atoms with van der Waals surface area (Å²) in [6, 6.07) is 0. The molecule has 0 saturated heterocycles. The molecular formula is C9H19NO8S. The van der Waals surface area contributed by atoms with Crippen LogP contribution in [0.3, 0.4) is 0 Å². The highest BCUT2D eigenvalue weighted by Gasteiger charge is 2.33. The van der Waals surface area contributed by atoms with Gasteiger partial charge in [0.05, 0.1) is 5.75 Å². The van der Waals surface area contributed by atoms with Crippen LogP contribution >= 0.6 is 0 Å². The minimum atomic E-state index is -3.28. The molecule has 9 nitrogen and oxygen atoms in total. The van der Waals surface area contributed by atoms with Crippen LogP contribution in [-0.4, -0.2) is 70.2 Å². The Morgan fingerprint density at radius 3 is 2.05 bits per heavy atom. The second-order valence-corrected chi connectivity index (χ2v) is 6.59. The van der Waals surface area contributed by atoms with Crippen molar-refractivity contribution in [2.24, 2.45) is 0 Å². The highest BCUT2D eigenvalue weighted by atomic mass is 32.2. The molecule has 0 rings (SSSR count). The van der Waals surface area contributed by atoms with Crippen LogP contribution in [0.25, 0.3) is 0 Å². The molecule has 0 radical (unpaired) electrons. The molecule has 0 unspecified atom stereocenters. The maximum atomic E-state index is 11.3. The Labute approximate surface area is 110 Å². The van der Waals surface area contributed by atoms with E-state index in [1.807, 2.05) is 5.32 Å². The summed E-state index contributed by atoms with van der Waals surface area (Å²) in [6.07, 6.45) is -0.419. The highest BCUT2D eigenvalue weighted by Crippen LogP contribution is 2.14. The van der Waals surface area contributed by atoms with Crippen LogP contribution in [0.4, 0.5) is 0 Å². The molecule has 0 aromatic carbocycles. The molecule has 6 N–H and O–H groups in total. The second kappa shape index (κ2) is 6.59. The number of rotatable bonds is 8. The zero-order valence-corrected chi connectivity index (χ0v) is 11.2. The molecule has 0 aromatic rings. The van der Waals surface area contributed by atoms with Gasteiger partial charge in [0.2, 0.25) is 5.79 Å². The maximum absolute atomic E-state index is 11.3. The van der Waals surface area contributed by atoms with E-state index in [9.17, 15) is 23.4 Å². The van der Waals surface area contributed by atoms with Gasteiger partial charge in [-0.25, -0.2) is 8.42 Å². The van der Waals surface area contributed by atoms with Gasteiger partial charge in [0.1, 0.15) is 9.84 Å². The zero-order chi connectivity index (χ0) is 15.3. The van der Waals surface area contributed by atoms with Gasteiger partial charge in [0.15, 0.2) is 0 Å². The quantitative estimate of drug-likeness (QED) is 0.253. The first-order valence-corrected chi connectivity index (χ1v) is 7.47. The normalized spacial score (nSPS) is 13.4. The lowest BCUT2D eigenvalue weighted by Crippen LogP contribution is -2.48.